The fourth-order valence-electron chi connectivity index (χ4n) is 1.75. The summed E-state index contributed by atoms with van der Waals surface area (Å²) in [4.78, 5) is 0. The van der Waals surface area contributed by atoms with Gasteiger partial charge in [0, 0.05) is 12.7 Å². The summed E-state index contributed by atoms with van der Waals surface area (Å²) in [5.74, 6) is 0.576. The summed E-state index contributed by atoms with van der Waals surface area (Å²) in [6, 6.07) is 15.9. The van der Waals surface area contributed by atoms with Crippen molar-refractivity contribution in [3.63, 3.8) is 0 Å². The van der Waals surface area contributed by atoms with Gasteiger partial charge >= 0.3 is 0 Å². The van der Waals surface area contributed by atoms with Crippen LogP contribution in [0, 0.1) is 11.5 Å². The van der Waals surface area contributed by atoms with Gasteiger partial charge in [0.25, 0.3) is 6.26 Å². The van der Waals surface area contributed by atoms with Gasteiger partial charge in [0.15, 0.2) is 0 Å². The van der Waals surface area contributed by atoms with Crippen molar-refractivity contribution in [3.05, 3.63) is 59.7 Å². The van der Waals surface area contributed by atoms with Gasteiger partial charge in [0.2, 0.25) is 0 Å². The Labute approximate surface area is 107 Å². The quantitative estimate of drug-likeness (QED) is 0.832. The third kappa shape index (κ3) is 3.02. The first-order valence-corrected chi connectivity index (χ1v) is 5.73. The molecule has 0 atom stereocenters. The Balaban J connectivity index is 2.06. The third-order valence-corrected chi connectivity index (χ3v) is 2.74. The van der Waals surface area contributed by atoms with Gasteiger partial charge in [-0.3, -0.25) is 0 Å². The largest absolute Gasteiger partial charge is 0.388 e. The van der Waals surface area contributed by atoms with E-state index in [1.807, 2.05) is 19.2 Å². The number of hydrogen-bond donors (Lipinski definition) is 1. The molecule has 0 aliphatic carbocycles. The molecule has 0 heterocycles. The maximum atomic E-state index is 8.40. The second kappa shape index (κ2) is 5.74. The van der Waals surface area contributed by atoms with Crippen LogP contribution in [0.1, 0.15) is 11.1 Å². The smallest absolute Gasteiger partial charge is 0.292 e. The first-order chi connectivity index (χ1) is 8.81. The van der Waals surface area contributed by atoms with Gasteiger partial charge in [-0.2, -0.15) is 0 Å². The third-order valence-electron chi connectivity index (χ3n) is 2.74. The number of ether oxygens (including phenoxy) is 1. The van der Waals surface area contributed by atoms with E-state index in [-0.39, 0.29) is 0 Å². The van der Waals surface area contributed by atoms with E-state index in [2.05, 4.69) is 29.6 Å². The highest BCUT2D eigenvalue weighted by Gasteiger charge is 1.98. The molecule has 0 radical (unpaired) electrons. The topological polar surface area (TPSA) is 45.0 Å². The van der Waals surface area contributed by atoms with Gasteiger partial charge < -0.3 is 10.1 Å². The monoisotopic (exact) mass is 238 g/mol. The molecule has 1 N–H and O–H groups in total. The van der Waals surface area contributed by atoms with Gasteiger partial charge in [-0.1, -0.05) is 24.3 Å². The van der Waals surface area contributed by atoms with Gasteiger partial charge in [-0.15, -0.1) is 5.26 Å². The van der Waals surface area contributed by atoms with Crippen LogP contribution < -0.4 is 10.1 Å². The molecule has 18 heavy (non-hydrogen) atoms. The molecule has 3 nitrogen and oxygen atoms in total. The number of rotatable bonds is 4. The molecule has 0 aromatic heterocycles. The van der Waals surface area contributed by atoms with Crippen LogP contribution in [0.4, 0.5) is 5.69 Å². The summed E-state index contributed by atoms with van der Waals surface area (Å²) in [5.41, 5.74) is 3.55. The highest BCUT2D eigenvalue weighted by molar-refractivity contribution is 5.44. The predicted octanol–water partition coefficient (Wildman–Crippen LogP) is 3.18. The Hall–Kier alpha value is -2.47. The van der Waals surface area contributed by atoms with E-state index in [0.29, 0.717) is 5.75 Å². The van der Waals surface area contributed by atoms with Crippen molar-refractivity contribution >= 4 is 5.69 Å². The van der Waals surface area contributed by atoms with Crippen LogP contribution in [-0.4, -0.2) is 7.05 Å². The Morgan fingerprint density at radius 3 is 2.06 bits per heavy atom. The lowest BCUT2D eigenvalue weighted by Gasteiger charge is -2.04. The molecule has 0 unspecified atom stereocenters. The van der Waals surface area contributed by atoms with Crippen molar-refractivity contribution in [1.29, 1.82) is 5.26 Å². The van der Waals surface area contributed by atoms with E-state index in [1.165, 1.54) is 11.1 Å². The summed E-state index contributed by atoms with van der Waals surface area (Å²) in [6.07, 6.45) is 2.53. The van der Waals surface area contributed by atoms with Crippen molar-refractivity contribution < 1.29 is 4.74 Å². The molecule has 0 fully saturated rings. The molecule has 2 aromatic rings. The van der Waals surface area contributed by atoms with Crippen molar-refractivity contribution in [3.8, 4) is 12.0 Å². The number of anilines is 1. The first kappa shape index (κ1) is 12.0. The van der Waals surface area contributed by atoms with Gasteiger partial charge in [-0.05, 0) is 41.8 Å². The lowest BCUT2D eigenvalue weighted by atomic mass is 10.0. The highest BCUT2D eigenvalue weighted by Crippen LogP contribution is 2.16. The number of hydrogen-bond acceptors (Lipinski definition) is 3. The zero-order chi connectivity index (χ0) is 12.8. The minimum atomic E-state index is 0.576. The lowest BCUT2D eigenvalue weighted by molar-refractivity contribution is 0.507. The van der Waals surface area contributed by atoms with Crippen molar-refractivity contribution in [2.75, 3.05) is 12.4 Å². The average Bonchev–Trinajstić information content (AvgIpc) is 2.42. The Kier molecular flexibility index (Phi) is 3.83. The lowest BCUT2D eigenvalue weighted by Crippen LogP contribution is -1.91. The molecule has 2 rings (SSSR count). The Bertz CT molecular complexity index is 538. The van der Waals surface area contributed by atoms with Crippen LogP contribution in [0.3, 0.4) is 0 Å². The number of nitrogens with one attached hydrogen (secondary N) is 1. The van der Waals surface area contributed by atoms with Gasteiger partial charge in [0.05, 0.1) is 0 Å². The normalized spacial score (nSPS) is 9.56. The van der Waals surface area contributed by atoms with Crippen LogP contribution >= 0.6 is 0 Å². The van der Waals surface area contributed by atoms with Gasteiger partial charge in [-0.25, -0.2) is 0 Å². The second-order valence-corrected chi connectivity index (χ2v) is 3.96. The highest BCUT2D eigenvalue weighted by atomic mass is 16.5. The molecule has 3 heteroatoms. The summed E-state index contributed by atoms with van der Waals surface area (Å²) < 4.78 is 4.74. The van der Waals surface area contributed by atoms with Crippen molar-refractivity contribution in [2.24, 2.45) is 0 Å². The molecular formula is C15H14N2O. The van der Waals surface area contributed by atoms with E-state index < -0.39 is 0 Å². The molecular weight excluding hydrogens is 224 g/mol. The second-order valence-electron chi connectivity index (χ2n) is 3.96. The van der Waals surface area contributed by atoms with Crippen LogP contribution in [0.5, 0.6) is 5.75 Å². The molecule has 0 saturated heterocycles. The summed E-state index contributed by atoms with van der Waals surface area (Å²) in [5, 5.41) is 11.5. The average molecular weight is 238 g/mol. The summed E-state index contributed by atoms with van der Waals surface area (Å²) in [7, 11) is 1.91. The zero-order valence-corrected chi connectivity index (χ0v) is 10.2. The molecule has 2 aromatic carbocycles. The molecule has 0 spiro atoms. The minimum absolute atomic E-state index is 0.576. The summed E-state index contributed by atoms with van der Waals surface area (Å²) >= 11 is 0. The molecule has 90 valence electrons. The fourth-order valence-corrected chi connectivity index (χ4v) is 1.75. The van der Waals surface area contributed by atoms with Crippen molar-refractivity contribution in [1.82, 2.24) is 0 Å². The molecule has 0 saturated carbocycles. The first-order valence-electron chi connectivity index (χ1n) is 5.73. The molecule has 0 amide bonds. The van der Waals surface area contributed by atoms with E-state index >= 15 is 0 Å². The van der Waals surface area contributed by atoms with E-state index in [9.17, 15) is 0 Å². The van der Waals surface area contributed by atoms with Crippen LogP contribution in [0.2, 0.25) is 0 Å². The number of benzene rings is 2. The van der Waals surface area contributed by atoms with Crippen LogP contribution in [0.25, 0.3) is 0 Å². The summed E-state index contributed by atoms with van der Waals surface area (Å²) in [6.45, 7) is 0. The predicted molar refractivity (Wildman–Crippen MR) is 71.5 cm³/mol. The zero-order valence-electron chi connectivity index (χ0n) is 10.2. The molecule has 0 bridgehead atoms. The van der Waals surface area contributed by atoms with E-state index in [1.54, 1.807) is 18.4 Å². The molecule has 0 aliphatic rings. The SMILES string of the molecule is CNc1ccc(Cc2ccc(OC#N)cc2)cc1. The molecule has 0 aliphatic heterocycles. The van der Waals surface area contributed by atoms with Crippen LogP contribution in [-0.2, 0) is 6.42 Å². The van der Waals surface area contributed by atoms with Crippen LogP contribution in [0.15, 0.2) is 48.5 Å². The van der Waals surface area contributed by atoms with Crippen molar-refractivity contribution in [2.45, 2.75) is 6.42 Å². The maximum absolute atomic E-state index is 8.40. The fraction of sp³-hybridized carbons (Fsp3) is 0.133. The van der Waals surface area contributed by atoms with E-state index in [4.69, 9.17) is 10.00 Å². The number of nitriles is 1. The maximum Gasteiger partial charge on any atom is 0.292 e. The Morgan fingerprint density at radius 2 is 1.56 bits per heavy atom. The minimum Gasteiger partial charge on any atom is -0.388 e. The Morgan fingerprint density at radius 1 is 1.00 bits per heavy atom. The number of nitrogens with zero attached hydrogens (tertiary/aromatic N) is 1. The standard InChI is InChI=1S/C15H14N2O/c1-17-14-6-2-12(3-7-14)10-13-4-8-15(9-5-13)18-11-16/h2-9,17H,10H2,1H3. The van der Waals surface area contributed by atoms with Gasteiger partial charge in [0.1, 0.15) is 5.75 Å². The van der Waals surface area contributed by atoms with E-state index in [0.717, 1.165) is 12.1 Å².